The average molecular weight is 744 g/mol. The van der Waals surface area contributed by atoms with Crippen LogP contribution in [0.2, 0.25) is 0 Å². The van der Waals surface area contributed by atoms with Gasteiger partial charge in [-0.2, -0.15) is 0 Å². The van der Waals surface area contributed by atoms with E-state index in [1.165, 1.54) is 10.8 Å². The van der Waals surface area contributed by atoms with Crippen molar-refractivity contribution in [1.29, 1.82) is 0 Å². The second-order valence-corrected chi connectivity index (χ2v) is 14.7. The summed E-state index contributed by atoms with van der Waals surface area (Å²) in [5.41, 5.74) is 12.8. The van der Waals surface area contributed by atoms with Crippen molar-refractivity contribution in [1.82, 2.24) is 9.55 Å². The molecule has 0 saturated heterocycles. The molecular weight excluding hydrogens is 711 g/mol. The second kappa shape index (κ2) is 12.8. The minimum absolute atomic E-state index is 0.590. The van der Waals surface area contributed by atoms with Gasteiger partial charge in [-0.15, -0.1) is 0 Å². The number of hydrogen-bond acceptors (Lipinski definition) is 4. The molecule has 12 aromatic rings. The summed E-state index contributed by atoms with van der Waals surface area (Å²) >= 11 is 0. The molecule has 0 aliphatic heterocycles. The van der Waals surface area contributed by atoms with E-state index in [1.807, 2.05) is 48.5 Å². The first-order valence-corrected chi connectivity index (χ1v) is 19.5. The molecule has 272 valence electrons. The highest BCUT2D eigenvalue weighted by molar-refractivity contribution is 6.21. The van der Waals surface area contributed by atoms with Crippen molar-refractivity contribution < 1.29 is 8.83 Å². The Kier molecular flexibility index (Phi) is 7.16. The molecule has 58 heavy (non-hydrogen) atoms. The highest BCUT2D eigenvalue weighted by Crippen LogP contribution is 2.45. The van der Waals surface area contributed by atoms with Gasteiger partial charge in [0.2, 0.25) is 5.89 Å². The summed E-state index contributed by atoms with van der Waals surface area (Å²) in [6.45, 7) is 0. The van der Waals surface area contributed by atoms with Crippen molar-refractivity contribution in [2.45, 2.75) is 0 Å². The zero-order valence-electron chi connectivity index (χ0n) is 31.2. The number of aromatic nitrogens is 2. The molecule has 0 amide bonds. The molecule has 3 heterocycles. The standard InChI is InChI=1S/C53H33N3O2/c1-3-14-34(15-4-1)37-18-11-19-38(32-37)55(46-24-13-27-49-51(46)54-53(58-49)36-16-5-2-6-17-36)39-30-28-35-29-31-41-40-20-7-9-22-44(40)56(52(41)43(35)33-39)45-23-12-26-48-50(45)42-21-8-10-25-47(42)57-48/h1-33H. The van der Waals surface area contributed by atoms with E-state index in [2.05, 4.69) is 161 Å². The van der Waals surface area contributed by atoms with Crippen LogP contribution < -0.4 is 4.90 Å². The lowest BCUT2D eigenvalue weighted by Crippen LogP contribution is -2.10. The van der Waals surface area contributed by atoms with E-state index in [1.54, 1.807) is 0 Å². The van der Waals surface area contributed by atoms with E-state index in [4.69, 9.17) is 13.8 Å². The first-order valence-electron chi connectivity index (χ1n) is 19.5. The zero-order valence-corrected chi connectivity index (χ0v) is 31.2. The lowest BCUT2D eigenvalue weighted by molar-refractivity contribution is 0.620. The van der Waals surface area contributed by atoms with Crippen molar-refractivity contribution in [3.63, 3.8) is 0 Å². The highest BCUT2D eigenvalue weighted by Gasteiger charge is 2.23. The van der Waals surface area contributed by atoms with Crippen LogP contribution in [0.1, 0.15) is 0 Å². The minimum atomic E-state index is 0.590. The molecular formula is C53H33N3O2. The Morgan fingerprint density at radius 2 is 1.10 bits per heavy atom. The van der Waals surface area contributed by atoms with Gasteiger partial charge in [0, 0.05) is 38.5 Å². The number of hydrogen-bond donors (Lipinski definition) is 0. The van der Waals surface area contributed by atoms with Crippen LogP contribution in [-0.4, -0.2) is 9.55 Å². The molecule has 0 spiro atoms. The topological polar surface area (TPSA) is 47.3 Å². The Morgan fingerprint density at radius 1 is 0.431 bits per heavy atom. The van der Waals surface area contributed by atoms with Crippen LogP contribution in [0, 0.1) is 0 Å². The first kappa shape index (κ1) is 32.4. The van der Waals surface area contributed by atoms with E-state index in [-0.39, 0.29) is 0 Å². The molecule has 0 bridgehead atoms. The van der Waals surface area contributed by atoms with Crippen molar-refractivity contribution in [3.8, 4) is 28.3 Å². The normalized spacial score (nSPS) is 11.8. The van der Waals surface area contributed by atoms with Crippen LogP contribution >= 0.6 is 0 Å². The number of oxazole rings is 1. The Balaban J connectivity index is 1.15. The third-order valence-corrected chi connectivity index (χ3v) is 11.4. The monoisotopic (exact) mass is 743 g/mol. The Labute approximate surface area is 333 Å². The van der Waals surface area contributed by atoms with E-state index < -0.39 is 0 Å². The number of rotatable bonds is 6. The minimum Gasteiger partial charge on any atom is -0.456 e. The van der Waals surface area contributed by atoms with Crippen molar-refractivity contribution in [3.05, 3.63) is 200 Å². The summed E-state index contributed by atoms with van der Waals surface area (Å²) in [6, 6.07) is 70.3. The molecule has 0 radical (unpaired) electrons. The summed E-state index contributed by atoms with van der Waals surface area (Å²) in [5, 5.41) is 6.86. The fraction of sp³-hybridized carbons (Fsp3) is 0. The fourth-order valence-electron chi connectivity index (χ4n) is 8.80. The summed E-state index contributed by atoms with van der Waals surface area (Å²) in [7, 11) is 0. The van der Waals surface area contributed by atoms with Crippen molar-refractivity contribution >= 4 is 82.7 Å². The maximum atomic E-state index is 6.45. The molecule has 5 heteroatoms. The third kappa shape index (κ3) is 5.00. The fourth-order valence-corrected chi connectivity index (χ4v) is 8.80. The van der Waals surface area contributed by atoms with Crippen molar-refractivity contribution in [2.24, 2.45) is 0 Å². The average Bonchev–Trinajstić information content (AvgIpc) is 4.00. The van der Waals surface area contributed by atoms with Gasteiger partial charge in [0.05, 0.1) is 27.8 Å². The molecule has 0 fully saturated rings. The van der Waals surface area contributed by atoms with Gasteiger partial charge in [-0.25, -0.2) is 4.98 Å². The molecule has 3 aromatic heterocycles. The number of benzene rings is 9. The van der Waals surface area contributed by atoms with Gasteiger partial charge in [0.25, 0.3) is 0 Å². The van der Waals surface area contributed by atoms with Crippen LogP contribution in [0.4, 0.5) is 17.1 Å². The van der Waals surface area contributed by atoms with Crippen molar-refractivity contribution in [2.75, 3.05) is 4.90 Å². The smallest absolute Gasteiger partial charge is 0.227 e. The number of anilines is 3. The van der Waals surface area contributed by atoms with Gasteiger partial charge < -0.3 is 18.3 Å². The number of furan rings is 1. The third-order valence-electron chi connectivity index (χ3n) is 11.4. The van der Waals surface area contributed by atoms with Gasteiger partial charge in [-0.3, -0.25) is 0 Å². The molecule has 0 saturated carbocycles. The molecule has 9 aromatic carbocycles. The Bertz CT molecular complexity index is 3520. The van der Waals surface area contributed by atoms with E-state index in [0.717, 1.165) is 94.3 Å². The summed E-state index contributed by atoms with van der Waals surface area (Å²) in [6.07, 6.45) is 0. The lowest BCUT2D eigenvalue weighted by atomic mass is 10.0. The van der Waals surface area contributed by atoms with Crippen LogP contribution in [0.25, 0.3) is 93.9 Å². The summed E-state index contributed by atoms with van der Waals surface area (Å²) < 4.78 is 15.3. The first-order chi connectivity index (χ1) is 28.8. The maximum absolute atomic E-state index is 6.45. The molecule has 12 rings (SSSR count). The molecule has 0 unspecified atom stereocenters. The predicted octanol–water partition coefficient (Wildman–Crippen LogP) is 14.8. The predicted molar refractivity (Wildman–Crippen MR) is 239 cm³/mol. The Morgan fingerprint density at radius 3 is 1.98 bits per heavy atom. The maximum Gasteiger partial charge on any atom is 0.227 e. The molecule has 0 aliphatic rings. The van der Waals surface area contributed by atoms with Crippen LogP contribution in [0.3, 0.4) is 0 Å². The van der Waals surface area contributed by atoms with Gasteiger partial charge in [-0.1, -0.05) is 127 Å². The van der Waals surface area contributed by atoms with Crippen LogP contribution in [0.5, 0.6) is 0 Å². The second-order valence-electron chi connectivity index (χ2n) is 14.7. The summed E-state index contributed by atoms with van der Waals surface area (Å²) in [4.78, 5) is 7.48. The quantitative estimate of drug-likeness (QED) is 0.170. The zero-order chi connectivity index (χ0) is 38.2. The van der Waals surface area contributed by atoms with Gasteiger partial charge >= 0.3 is 0 Å². The van der Waals surface area contributed by atoms with Gasteiger partial charge in [0.1, 0.15) is 16.7 Å². The largest absolute Gasteiger partial charge is 0.456 e. The molecule has 0 atom stereocenters. The van der Waals surface area contributed by atoms with E-state index >= 15 is 0 Å². The SMILES string of the molecule is c1ccc(-c2cccc(N(c3ccc4ccc5c6ccccc6n(-c6cccc7oc8ccccc8c67)c5c4c3)c3cccc4oc(-c5ccccc5)nc34)c2)cc1. The number of para-hydroxylation sites is 3. The molecule has 5 nitrogen and oxygen atoms in total. The molecule has 0 N–H and O–H groups in total. The number of nitrogens with zero attached hydrogens (tertiary/aromatic N) is 3. The van der Waals surface area contributed by atoms with Crippen LogP contribution in [-0.2, 0) is 0 Å². The van der Waals surface area contributed by atoms with E-state index in [0.29, 0.717) is 5.89 Å². The Hall–Kier alpha value is -7.89. The molecule has 0 aliphatic carbocycles. The van der Waals surface area contributed by atoms with Gasteiger partial charge in [-0.05, 0) is 89.3 Å². The number of fused-ring (bicyclic) bond motifs is 9. The highest BCUT2D eigenvalue weighted by atomic mass is 16.3. The van der Waals surface area contributed by atoms with E-state index in [9.17, 15) is 0 Å². The van der Waals surface area contributed by atoms with Crippen LogP contribution in [0.15, 0.2) is 209 Å². The lowest BCUT2D eigenvalue weighted by Gasteiger charge is -2.26. The van der Waals surface area contributed by atoms with Gasteiger partial charge in [0.15, 0.2) is 5.58 Å². The summed E-state index contributed by atoms with van der Waals surface area (Å²) in [5.74, 6) is 0.590.